The van der Waals surface area contributed by atoms with E-state index in [-0.39, 0.29) is 5.82 Å². The van der Waals surface area contributed by atoms with E-state index in [0.29, 0.717) is 11.6 Å². The summed E-state index contributed by atoms with van der Waals surface area (Å²) in [5.74, 6) is 0.353. The van der Waals surface area contributed by atoms with Crippen LogP contribution >= 0.6 is 22.6 Å². The first-order chi connectivity index (χ1) is 8.70. The van der Waals surface area contributed by atoms with Crippen LogP contribution in [0.1, 0.15) is 10.6 Å². The van der Waals surface area contributed by atoms with Crippen LogP contribution in [-0.2, 0) is 4.74 Å². The Labute approximate surface area is 117 Å². The summed E-state index contributed by atoms with van der Waals surface area (Å²) in [6.07, 6.45) is 1.45. The summed E-state index contributed by atoms with van der Waals surface area (Å²) in [6.45, 7) is 0. The molecule has 0 aliphatic carbocycles. The van der Waals surface area contributed by atoms with Crippen molar-refractivity contribution in [3.8, 4) is 11.6 Å². The van der Waals surface area contributed by atoms with E-state index in [1.165, 1.54) is 13.3 Å². The minimum Gasteiger partial charge on any atom is -0.463 e. The Balaban J connectivity index is 2.25. The van der Waals surface area contributed by atoms with Gasteiger partial charge < -0.3 is 9.47 Å². The normalized spacial score (nSPS) is 9.89. The maximum Gasteiger partial charge on any atom is 0.376 e. The molecule has 1 aromatic carbocycles. The Bertz CT molecular complexity index is 575. The number of ether oxygens (including phenoxy) is 2. The van der Waals surface area contributed by atoms with E-state index in [4.69, 9.17) is 4.74 Å². The molecule has 0 spiro atoms. The van der Waals surface area contributed by atoms with E-state index in [0.717, 1.165) is 3.57 Å². The monoisotopic (exact) mass is 356 g/mol. The van der Waals surface area contributed by atoms with Gasteiger partial charge in [0.05, 0.1) is 10.7 Å². The molecule has 0 saturated heterocycles. The minimum atomic E-state index is -0.594. The van der Waals surface area contributed by atoms with Crippen molar-refractivity contribution < 1.29 is 14.3 Å². The van der Waals surface area contributed by atoms with Crippen molar-refractivity contribution in [2.75, 3.05) is 7.11 Å². The number of aromatic nitrogens is 2. The fraction of sp³-hybridized carbons (Fsp3) is 0.0833. The van der Waals surface area contributed by atoms with Crippen molar-refractivity contribution in [3.05, 3.63) is 45.9 Å². The fourth-order valence-electron chi connectivity index (χ4n) is 1.23. The molecule has 0 amide bonds. The molecule has 0 saturated carbocycles. The number of methoxy groups -OCH3 is 1. The summed E-state index contributed by atoms with van der Waals surface area (Å²) in [4.78, 5) is 19.1. The standard InChI is InChI=1S/C12H9IN2O3/c1-17-12(16)11-14-7-6-10(15-11)18-9-5-3-2-4-8(9)13/h2-7H,1H3. The molecule has 0 atom stereocenters. The predicted octanol–water partition coefficient (Wildman–Crippen LogP) is 2.66. The highest BCUT2D eigenvalue weighted by molar-refractivity contribution is 14.1. The van der Waals surface area contributed by atoms with Crippen molar-refractivity contribution >= 4 is 28.6 Å². The van der Waals surface area contributed by atoms with Gasteiger partial charge in [0.2, 0.25) is 11.7 Å². The van der Waals surface area contributed by atoms with E-state index in [1.807, 2.05) is 24.3 Å². The number of carbonyl (C=O) groups excluding carboxylic acids is 1. The Morgan fingerprint density at radius 1 is 1.28 bits per heavy atom. The van der Waals surface area contributed by atoms with Gasteiger partial charge in [0, 0.05) is 12.3 Å². The number of benzene rings is 1. The number of rotatable bonds is 3. The van der Waals surface area contributed by atoms with Gasteiger partial charge in [-0.3, -0.25) is 0 Å². The van der Waals surface area contributed by atoms with Crippen molar-refractivity contribution in [1.82, 2.24) is 9.97 Å². The zero-order valence-electron chi connectivity index (χ0n) is 9.46. The second-order valence-corrected chi connectivity index (χ2v) is 4.40. The maximum atomic E-state index is 11.3. The third-order valence-corrected chi connectivity index (χ3v) is 2.94. The molecule has 92 valence electrons. The first-order valence-corrected chi connectivity index (χ1v) is 6.12. The van der Waals surface area contributed by atoms with Crippen molar-refractivity contribution in [1.29, 1.82) is 0 Å². The molecule has 6 heteroatoms. The van der Waals surface area contributed by atoms with E-state index in [1.54, 1.807) is 6.07 Å². The Kier molecular flexibility index (Phi) is 4.08. The number of nitrogens with zero attached hydrogens (tertiary/aromatic N) is 2. The highest BCUT2D eigenvalue weighted by Crippen LogP contribution is 2.24. The number of halogens is 1. The highest BCUT2D eigenvalue weighted by atomic mass is 127. The maximum absolute atomic E-state index is 11.3. The molecule has 2 aromatic rings. The summed E-state index contributed by atoms with van der Waals surface area (Å²) >= 11 is 2.16. The van der Waals surface area contributed by atoms with Crippen LogP contribution in [0.3, 0.4) is 0 Å². The van der Waals surface area contributed by atoms with Gasteiger partial charge in [-0.15, -0.1) is 0 Å². The van der Waals surface area contributed by atoms with Gasteiger partial charge in [-0.1, -0.05) is 12.1 Å². The second kappa shape index (κ2) is 5.76. The molecule has 0 fully saturated rings. The van der Waals surface area contributed by atoms with Crippen molar-refractivity contribution in [2.45, 2.75) is 0 Å². The van der Waals surface area contributed by atoms with Gasteiger partial charge in [-0.25, -0.2) is 9.78 Å². The topological polar surface area (TPSA) is 61.3 Å². The third-order valence-electron chi connectivity index (χ3n) is 2.05. The van der Waals surface area contributed by atoms with Crippen LogP contribution in [0.2, 0.25) is 0 Å². The van der Waals surface area contributed by atoms with E-state index < -0.39 is 5.97 Å². The van der Waals surface area contributed by atoms with Crippen LogP contribution in [0, 0.1) is 3.57 Å². The number of para-hydroxylation sites is 1. The molecule has 1 aromatic heterocycles. The Morgan fingerprint density at radius 3 is 2.78 bits per heavy atom. The van der Waals surface area contributed by atoms with Crippen LogP contribution in [0.15, 0.2) is 36.5 Å². The molecule has 5 nitrogen and oxygen atoms in total. The molecular formula is C12H9IN2O3. The summed E-state index contributed by atoms with van der Waals surface area (Å²) in [5, 5.41) is 0. The summed E-state index contributed by atoms with van der Waals surface area (Å²) in [6, 6.07) is 9.09. The molecule has 0 aliphatic heterocycles. The van der Waals surface area contributed by atoms with Gasteiger partial charge in [-0.05, 0) is 34.7 Å². The number of esters is 1. The van der Waals surface area contributed by atoms with Crippen LogP contribution in [-0.4, -0.2) is 23.0 Å². The zero-order chi connectivity index (χ0) is 13.0. The minimum absolute atomic E-state index is 0.0269. The summed E-state index contributed by atoms with van der Waals surface area (Å²) < 4.78 is 11.1. The lowest BCUT2D eigenvalue weighted by Crippen LogP contribution is -2.07. The van der Waals surface area contributed by atoms with Crippen LogP contribution in [0.5, 0.6) is 11.6 Å². The first-order valence-electron chi connectivity index (χ1n) is 5.04. The van der Waals surface area contributed by atoms with E-state index in [2.05, 4.69) is 37.3 Å². The van der Waals surface area contributed by atoms with E-state index in [9.17, 15) is 4.79 Å². The average Bonchev–Trinajstić information content (AvgIpc) is 2.41. The SMILES string of the molecule is COC(=O)c1nccc(Oc2ccccc2I)n1. The van der Waals surface area contributed by atoms with Gasteiger partial charge >= 0.3 is 5.97 Å². The van der Waals surface area contributed by atoms with Gasteiger partial charge in [0.1, 0.15) is 5.75 Å². The number of hydrogen-bond donors (Lipinski definition) is 0. The van der Waals surface area contributed by atoms with Crippen molar-refractivity contribution in [3.63, 3.8) is 0 Å². The van der Waals surface area contributed by atoms with Crippen LogP contribution < -0.4 is 4.74 Å². The Hall–Kier alpha value is -1.70. The average molecular weight is 356 g/mol. The fourth-order valence-corrected chi connectivity index (χ4v) is 1.73. The summed E-state index contributed by atoms with van der Waals surface area (Å²) in [7, 11) is 1.28. The molecule has 2 rings (SSSR count). The lowest BCUT2D eigenvalue weighted by atomic mass is 10.3. The predicted molar refractivity (Wildman–Crippen MR) is 72.6 cm³/mol. The smallest absolute Gasteiger partial charge is 0.376 e. The molecule has 18 heavy (non-hydrogen) atoms. The van der Waals surface area contributed by atoms with Gasteiger partial charge in [0.25, 0.3) is 0 Å². The molecule has 0 unspecified atom stereocenters. The molecule has 0 bridgehead atoms. The zero-order valence-corrected chi connectivity index (χ0v) is 11.6. The number of carbonyl (C=O) groups is 1. The quantitative estimate of drug-likeness (QED) is 0.625. The molecule has 0 N–H and O–H groups in total. The molecule has 0 radical (unpaired) electrons. The largest absolute Gasteiger partial charge is 0.463 e. The van der Waals surface area contributed by atoms with Crippen molar-refractivity contribution in [2.24, 2.45) is 0 Å². The van der Waals surface area contributed by atoms with Gasteiger partial charge in [0.15, 0.2) is 0 Å². The number of hydrogen-bond acceptors (Lipinski definition) is 5. The lowest BCUT2D eigenvalue weighted by molar-refractivity contribution is 0.0585. The third kappa shape index (κ3) is 2.95. The van der Waals surface area contributed by atoms with E-state index >= 15 is 0 Å². The molecular weight excluding hydrogens is 347 g/mol. The molecule has 0 aliphatic rings. The molecule has 1 heterocycles. The van der Waals surface area contributed by atoms with Crippen LogP contribution in [0.25, 0.3) is 0 Å². The van der Waals surface area contributed by atoms with Crippen LogP contribution in [0.4, 0.5) is 0 Å². The first kappa shape index (κ1) is 12.7. The second-order valence-electron chi connectivity index (χ2n) is 3.24. The summed E-state index contributed by atoms with van der Waals surface area (Å²) in [5.41, 5.74) is 0. The Morgan fingerprint density at radius 2 is 2.06 bits per heavy atom. The highest BCUT2D eigenvalue weighted by Gasteiger charge is 2.11. The van der Waals surface area contributed by atoms with Gasteiger partial charge in [-0.2, -0.15) is 4.98 Å². The lowest BCUT2D eigenvalue weighted by Gasteiger charge is -2.06.